The Morgan fingerprint density at radius 3 is 1.95 bits per heavy atom. The number of hydrogen-bond acceptors (Lipinski definition) is 10. The topological polar surface area (TPSA) is 180 Å². The molecule has 0 aliphatic heterocycles. The van der Waals surface area contributed by atoms with Gasteiger partial charge in [-0.2, -0.15) is 0 Å². The van der Waals surface area contributed by atoms with Gasteiger partial charge in [-0.05, 0) is 38.6 Å². The first-order valence-corrected chi connectivity index (χ1v) is 8.31. The zero-order chi connectivity index (χ0) is 18.0. The van der Waals surface area contributed by atoms with Gasteiger partial charge in [0.15, 0.2) is 0 Å². The van der Waals surface area contributed by atoms with Gasteiger partial charge in [-0.3, -0.25) is 0 Å². The SMILES string of the molecule is NCCCCOC(=O)OCCCCCCOP(=O)([O-])[O-].[2H]ON. The summed E-state index contributed by atoms with van der Waals surface area (Å²) < 4.78 is 29.3. The van der Waals surface area contributed by atoms with Gasteiger partial charge in [0.2, 0.25) is 1.43 Å². The van der Waals surface area contributed by atoms with Crippen LogP contribution in [0, 0.1) is 0 Å². The maximum Gasteiger partial charge on any atom is 0.508 e. The quantitative estimate of drug-likeness (QED) is 0.182. The van der Waals surface area contributed by atoms with E-state index >= 15 is 0 Å². The van der Waals surface area contributed by atoms with E-state index in [1.807, 2.05) is 0 Å². The van der Waals surface area contributed by atoms with Crippen molar-refractivity contribution in [1.29, 1.82) is 0 Å². The fourth-order valence-electron chi connectivity index (χ4n) is 1.33. The molecule has 11 heteroatoms. The van der Waals surface area contributed by atoms with Crippen molar-refractivity contribution in [2.75, 3.05) is 26.4 Å². The summed E-state index contributed by atoms with van der Waals surface area (Å²) in [7, 11) is -4.85. The van der Waals surface area contributed by atoms with E-state index in [0.29, 0.717) is 32.4 Å². The number of nitrogens with two attached hydrogens (primary N) is 2. The molecule has 0 aliphatic rings. The maximum absolute atomic E-state index is 11.1. The van der Waals surface area contributed by atoms with Gasteiger partial charge in [0.25, 0.3) is 0 Å². The van der Waals surface area contributed by atoms with Crippen LogP contribution in [-0.2, 0) is 18.6 Å². The summed E-state index contributed by atoms with van der Waals surface area (Å²) in [5.41, 5.74) is 5.29. The summed E-state index contributed by atoms with van der Waals surface area (Å²) >= 11 is 0. The largest absolute Gasteiger partial charge is 0.790 e. The lowest BCUT2D eigenvalue weighted by Crippen LogP contribution is -2.16. The smallest absolute Gasteiger partial charge is 0.508 e. The van der Waals surface area contributed by atoms with Crippen molar-refractivity contribution >= 4 is 14.0 Å². The number of carbonyl (C=O) groups excluding carboxylic acids is 1. The fourth-order valence-corrected chi connectivity index (χ4v) is 1.69. The van der Waals surface area contributed by atoms with Crippen molar-refractivity contribution in [3.05, 3.63) is 0 Å². The van der Waals surface area contributed by atoms with Gasteiger partial charge >= 0.3 is 6.16 Å². The minimum Gasteiger partial charge on any atom is -0.790 e. The van der Waals surface area contributed by atoms with Crippen molar-refractivity contribution in [2.24, 2.45) is 11.6 Å². The van der Waals surface area contributed by atoms with E-state index < -0.39 is 14.0 Å². The average molecular weight is 345 g/mol. The lowest BCUT2D eigenvalue weighted by molar-refractivity contribution is -0.341. The summed E-state index contributed by atoms with van der Waals surface area (Å²) in [6.07, 6.45) is 3.37. The summed E-state index contributed by atoms with van der Waals surface area (Å²) in [6, 6.07) is 0. The third kappa shape index (κ3) is 21.6. The highest BCUT2D eigenvalue weighted by Gasteiger charge is 2.02. The van der Waals surface area contributed by atoms with Crippen molar-refractivity contribution in [3.63, 3.8) is 0 Å². The molecule has 22 heavy (non-hydrogen) atoms. The number of phosphoric acid groups is 1. The van der Waals surface area contributed by atoms with Crippen molar-refractivity contribution < 1.29 is 39.8 Å². The predicted octanol–water partition coefficient (Wildman–Crippen LogP) is -0.381. The van der Waals surface area contributed by atoms with Crippen molar-refractivity contribution in [1.82, 2.24) is 0 Å². The average Bonchev–Trinajstić information content (AvgIpc) is 2.46. The molecule has 0 aromatic rings. The van der Waals surface area contributed by atoms with Crippen LogP contribution in [-0.4, -0.2) is 37.7 Å². The molecule has 0 bridgehead atoms. The minimum absolute atomic E-state index is 0.103. The number of rotatable bonds is 12. The first kappa shape index (κ1) is 21.3. The van der Waals surface area contributed by atoms with Gasteiger partial charge in [-0.25, -0.2) is 10.7 Å². The van der Waals surface area contributed by atoms with Crippen molar-refractivity contribution in [2.45, 2.75) is 38.5 Å². The Labute approximate surface area is 131 Å². The lowest BCUT2D eigenvalue weighted by Gasteiger charge is -2.28. The van der Waals surface area contributed by atoms with Crippen LogP contribution >= 0.6 is 7.82 Å². The van der Waals surface area contributed by atoms with Crippen LogP contribution < -0.4 is 21.4 Å². The molecule has 0 saturated heterocycles. The maximum atomic E-state index is 11.1. The third-order valence-corrected chi connectivity index (χ3v) is 2.83. The van der Waals surface area contributed by atoms with Crippen LogP contribution in [0.5, 0.6) is 0 Å². The molecular weight excluding hydrogens is 319 g/mol. The highest BCUT2D eigenvalue weighted by Crippen LogP contribution is 2.24. The first-order valence-electron chi connectivity index (χ1n) is 7.26. The van der Waals surface area contributed by atoms with Crippen LogP contribution in [0.3, 0.4) is 0 Å². The molecule has 0 atom stereocenters. The standard InChI is InChI=1S/C11H24NO7P.H3NO/c12-7-3-6-9-18-11(13)17-8-4-1-2-5-10-19-20(14,15)16;1-2/h1-10,12H2,(H2,14,15,16);2H,1H2/p-2/i;2D. The number of unbranched alkanes of at least 4 members (excludes halogenated alkanes) is 4. The molecule has 0 amide bonds. The zero-order valence-corrected chi connectivity index (χ0v) is 13.3. The molecule has 0 spiro atoms. The molecule has 0 fully saturated rings. The predicted molar refractivity (Wildman–Crippen MR) is 73.6 cm³/mol. The van der Waals surface area contributed by atoms with Crippen LogP contribution in [0.2, 0.25) is 1.43 Å². The highest BCUT2D eigenvalue weighted by molar-refractivity contribution is 7.43. The van der Waals surface area contributed by atoms with E-state index in [1.165, 1.54) is 0 Å². The second kappa shape index (κ2) is 16.6. The Kier molecular flexibility index (Phi) is 16.1. The second-order valence-electron chi connectivity index (χ2n) is 4.14. The van der Waals surface area contributed by atoms with E-state index in [0.717, 1.165) is 19.3 Å². The molecule has 0 aromatic carbocycles. The number of ether oxygens (including phenoxy) is 2. The summed E-state index contributed by atoms with van der Waals surface area (Å²) in [5, 5.41) is 3.00. The Hall–Kier alpha value is -0.740. The second-order valence-corrected chi connectivity index (χ2v) is 5.29. The summed E-state index contributed by atoms with van der Waals surface area (Å²) in [6.45, 7) is 1.01. The lowest BCUT2D eigenvalue weighted by atomic mass is 10.2. The summed E-state index contributed by atoms with van der Waals surface area (Å²) in [5.74, 6) is 4.01. The number of carbonyl (C=O) groups is 1. The molecule has 5 N–H and O–H groups in total. The normalized spacial score (nSPS) is 11.2. The number of hydrogen-bond donors (Lipinski definition) is 3. The first-order chi connectivity index (χ1) is 10.9. The van der Waals surface area contributed by atoms with E-state index in [9.17, 15) is 19.1 Å². The number of phosphoric ester groups is 1. The summed E-state index contributed by atoms with van der Waals surface area (Å²) in [4.78, 5) is 31.3. The minimum atomic E-state index is -4.85. The molecule has 134 valence electrons. The molecule has 10 nitrogen and oxygen atoms in total. The van der Waals surface area contributed by atoms with Gasteiger partial charge < -0.3 is 39.3 Å². The fraction of sp³-hybridized carbons (Fsp3) is 0.909. The van der Waals surface area contributed by atoms with Crippen LogP contribution in [0.1, 0.15) is 38.5 Å². The molecular formula is C11H25N2O8P-2. The monoisotopic (exact) mass is 345 g/mol. The molecule has 0 aliphatic carbocycles. The molecule has 0 radical (unpaired) electrons. The van der Waals surface area contributed by atoms with Gasteiger partial charge in [0.1, 0.15) is 0 Å². The molecule has 0 heterocycles. The zero-order valence-electron chi connectivity index (χ0n) is 13.4. The van der Waals surface area contributed by atoms with E-state index in [-0.39, 0.29) is 13.2 Å². The van der Waals surface area contributed by atoms with E-state index in [1.54, 1.807) is 0 Å². The Morgan fingerprint density at radius 2 is 1.50 bits per heavy atom. The van der Waals surface area contributed by atoms with Crippen LogP contribution in [0.25, 0.3) is 0 Å². The Balaban J connectivity index is 0. The highest BCUT2D eigenvalue weighted by atomic mass is 31.2. The molecule has 0 rings (SSSR count). The third-order valence-electron chi connectivity index (χ3n) is 2.33. The van der Waals surface area contributed by atoms with E-state index in [4.69, 9.17) is 16.6 Å². The Bertz CT molecular complexity index is 318. The van der Waals surface area contributed by atoms with Crippen molar-refractivity contribution in [3.8, 4) is 0 Å². The molecule has 0 unspecified atom stereocenters. The Morgan fingerprint density at radius 1 is 1.05 bits per heavy atom. The van der Waals surface area contributed by atoms with Gasteiger partial charge in [0.05, 0.1) is 27.6 Å². The van der Waals surface area contributed by atoms with E-state index in [2.05, 4.69) is 15.6 Å². The molecule has 0 aromatic heterocycles. The van der Waals surface area contributed by atoms with Gasteiger partial charge in [0, 0.05) is 0 Å². The van der Waals surface area contributed by atoms with Gasteiger partial charge in [-0.15, -0.1) is 0 Å². The molecule has 0 saturated carbocycles. The van der Waals surface area contributed by atoms with Crippen LogP contribution in [0.15, 0.2) is 0 Å². The van der Waals surface area contributed by atoms with Crippen LogP contribution in [0.4, 0.5) is 4.79 Å². The van der Waals surface area contributed by atoms with Gasteiger partial charge in [-0.1, -0.05) is 6.42 Å².